The van der Waals surface area contributed by atoms with Crippen molar-refractivity contribution in [3.63, 3.8) is 0 Å². The lowest BCUT2D eigenvalue weighted by Crippen LogP contribution is -2.35. The van der Waals surface area contributed by atoms with Gasteiger partial charge in [-0.15, -0.1) is 0 Å². The summed E-state index contributed by atoms with van der Waals surface area (Å²) in [5, 5.41) is 12.0. The van der Waals surface area contributed by atoms with Crippen LogP contribution in [0.5, 0.6) is 0 Å². The number of pyridine rings is 1. The van der Waals surface area contributed by atoms with Crippen LogP contribution in [0, 0.1) is 11.3 Å². The third kappa shape index (κ3) is 3.67. The first kappa shape index (κ1) is 15.0. The number of aromatic nitrogens is 1. The number of piperidine rings is 1. The SMILES string of the molecule is N#Cc1ccc(Nc2cncc(C(=O)N3CCCCC3)c2)cc1. The molecule has 0 atom stereocenters. The average Bonchev–Trinajstić information content (AvgIpc) is 2.63. The lowest BCUT2D eigenvalue weighted by atomic mass is 10.1. The molecule has 1 N–H and O–H groups in total. The predicted octanol–water partition coefficient (Wildman–Crippen LogP) is 3.32. The second-order valence-electron chi connectivity index (χ2n) is 5.63. The third-order valence-electron chi connectivity index (χ3n) is 3.93. The van der Waals surface area contributed by atoms with E-state index in [-0.39, 0.29) is 5.91 Å². The minimum Gasteiger partial charge on any atom is -0.354 e. The lowest BCUT2D eigenvalue weighted by molar-refractivity contribution is 0.0724. The van der Waals surface area contributed by atoms with Crippen LogP contribution in [0.4, 0.5) is 11.4 Å². The predicted molar refractivity (Wildman–Crippen MR) is 88.4 cm³/mol. The van der Waals surface area contributed by atoms with Gasteiger partial charge in [0, 0.05) is 25.0 Å². The molecule has 1 aromatic carbocycles. The summed E-state index contributed by atoms with van der Waals surface area (Å²) in [6.07, 6.45) is 6.64. The molecule has 1 fully saturated rings. The molecule has 1 amide bonds. The molecular formula is C18H18N4O. The smallest absolute Gasteiger partial charge is 0.255 e. The summed E-state index contributed by atoms with van der Waals surface area (Å²) >= 11 is 0. The van der Waals surface area contributed by atoms with Crippen LogP contribution >= 0.6 is 0 Å². The standard InChI is InChI=1S/C18H18N4O/c19-11-14-4-6-16(7-5-14)21-17-10-15(12-20-13-17)18(23)22-8-2-1-3-9-22/h4-7,10,12-13,21H,1-3,8-9H2. The Hall–Kier alpha value is -2.87. The summed E-state index contributed by atoms with van der Waals surface area (Å²) in [4.78, 5) is 18.6. The number of nitriles is 1. The maximum Gasteiger partial charge on any atom is 0.255 e. The number of anilines is 2. The van der Waals surface area contributed by atoms with Gasteiger partial charge < -0.3 is 10.2 Å². The largest absolute Gasteiger partial charge is 0.354 e. The molecule has 116 valence electrons. The lowest BCUT2D eigenvalue weighted by Gasteiger charge is -2.26. The van der Waals surface area contributed by atoms with Gasteiger partial charge in [-0.3, -0.25) is 9.78 Å². The van der Waals surface area contributed by atoms with Gasteiger partial charge in [0.1, 0.15) is 0 Å². The van der Waals surface area contributed by atoms with E-state index in [0.717, 1.165) is 37.3 Å². The van der Waals surface area contributed by atoms with E-state index in [1.807, 2.05) is 23.1 Å². The number of likely N-dealkylation sites (tertiary alicyclic amines) is 1. The first-order chi connectivity index (χ1) is 11.3. The molecule has 5 nitrogen and oxygen atoms in total. The van der Waals surface area contributed by atoms with Crippen LogP contribution in [0.1, 0.15) is 35.2 Å². The molecule has 0 unspecified atom stereocenters. The van der Waals surface area contributed by atoms with Crippen molar-refractivity contribution in [2.45, 2.75) is 19.3 Å². The maximum atomic E-state index is 12.5. The first-order valence-corrected chi connectivity index (χ1v) is 7.78. The molecule has 0 spiro atoms. The van der Waals surface area contributed by atoms with Gasteiger partial charge in [0.25, 0.3) is 5.91 Å². The molecule has 1 saturated heterocycles. The van der Waals surface area contributed by atoms with Crippen molar-refractivity contribution in [1.29, 1.82) is 5.26 Å². The van der Waals surface area contributed by atoms with Crippen molar-refractivity contribution in [1.82, 2.24) is 9.88 Å². The van der Waals surface area contributed by atoms with Gasteiger partial charge in [0.05, 0.1) is 29.1 Å². The summed E-state index contributed by atoms with van der Waals surface area (Å²) < 4.78 is 0. The highest BCUT2D eigenvalue weighted by Crippen LogP contribution is 2.19. The number of nitrogens with one attached hydrogen (secondary N) is 1. The number of carbonyl (C=O) groups excluding carboxylic acids is 1. The normalized spacial score (nSPS) is 14.1. The summed E-state index contributed by atoms with van der Waals surface area (Å²) in [5.41, 5.74) is 2.83. The van der Waals surface area contributed by atoms with Crippen molar-refractivity contribution in [3.05, 3.63) is 53.9 Å². The Bertz CT molecular complexity index is 727. The van der Waals surface area contributed by atoms with Gasteiger partial charge in [-0.05, 0) is 49.6 Å². The highest BCUT2D eigenvalue weighted by atomic mass is 16.2. The number of amides is 1. The van der Waals surface area contributed by atoms with Crippen molar-refractivity contribution in [2.24, 2.45) is 0 Å². The van der Waals surface area contributed by atoms with Gasteiger partial charge >= 0.3 is 0 Å². The van der Waals surface area contributed by atoms with Crippen LogP contribution in [-0.4, -0.2) is 28.9 Å². The van der Waals surface area contributed by atoms with Crippen molar-refractivity contribution in [2.75, 3.05) is 18.4 Å². The van der Waals surface area contributed by atoms with Crippen LogP contribution in [0.15, 0.2) is 42.7 Å². The summed E-state index contributed by atoms with van der Waals surface area (Å²) in [7, 11) is 0. The summed E-state index contributed by atoms with van der Waals surface area (Å²) in [5.74, 6) is 0.0423. The van der Waals surface area contributed by atoms with E-state index in [9.17, 15) is 4.79 Å². The van der Waals surface area contributed by atoms with Crippen LogP contribution in [-0.2, 0) is 0 Å². The fraction of sp³-hybridized carbons (Fsp3) is 0.278. The van der Waals surface area contributed by atoms with Crippen molar-refractivity contribution in [3.8, 4) is 6.07 Å². The zero-order valence-electron chi connectivity index (χ0n) is 12.8. The van der Waals surface area contributed by atoms with E-state index >= 15 is 0 Å². The van der Waals surface area contributed by atoms with Crippen molar-refractivity contribution < 1.29 is 4.79 Å². The van der Waals surface area contributed by atoms with Crippen LogP contribution in [0.2, 0.25) is 0 Å². The van der Waals surface area contributed by atoms with E-state index < -0.39 is 0 Å². The Morgan fingerprint density at radius 3 is 2.52 bits per heavy atom. The Morgan fingerprint density at radius 1 is 1.09 bits per heavy atom. The molecule has 23 heavy (non-hydrogen) atoms. The molecule has 3 rings (SSSR count). The first-order valence-electron chi connectivity index (χ1n) is 7.78. The monoisotopic (exact) mass is 306 g/mol. The molecule has 5 heteroatoms. The topological polar surface area (TPSA) is 69.0 Å². The fourth-order valence-electron chi connectivity index (χ4n) is 2.70. The molecule has 2 heterocycles. The Labute approximate surface area is 135 Å². The molecule has 0 saturated carbocycles. The molecule has 1 aliphatic heterocycles. The maximum absolute atomic E-state index is 12.5. The average molecular weight is 306 g/mol. The second kappa shape index (κ2) is 6.93. The number of rotatable bonds is 3. The van der Waals surface area contributed by atoms with E-state index in [4.69, 9.17) is 5.26 Å². The zero-order valence-corrected chi connectivity index (χ0v) is 12.8. The number of nitrogens with zero attached hydrogens (tertiary/aromatic N) is 3. The van der Waals surface area contributed by atoms with E-state index in [0.29, 0.717) is 11.1 Å². The van der Waals surface area contributed by atoms with Crippen LogP contribution in [0.3, 0.4) is 0 Å². The fourth-order valence-corrected chi connectivity index (χ4v) is 2.70. The second-order valence-corrected chi connectivity index (χ2v) is 5.63. The highest BCUT2D eigenvalue weighted by Gasteiger charge is 2.18. The minimum atomic E-state index is 0.0423. The van der Waals surface area contributed by atoms with Crippen LogP contribution in [0.25, 0.3) is 0 Å². The summed E-state index contributed by atoms with van der Waals surface area (Å²) in [6.45, 7) is 1.65. The number of hydrogen-bond donors (Lipinski definition) is 1. The Kier molecular flexibility index (Phi) is 4.53. The molecule has 2 aromatic rings. The molecule has 1 aliphatic rings. The molecule has 0 radical (unpaired) electrons. The molecular weight excluding hydrogens is 288 g/mol. The van der Waals surface area contributed by atoms with Gasteiger partial charge in [-0.2, -0.15) is 5.26 Å². The van der Waals surface area contributed by atoms with Crippen LogP contribution < -0.4 is 5.32 Å². The highest BCUT2D eigenvalue weighted by molar-refractivity contribution is 5.95. The van der Waals surface area contributed by atoms with Gasteiger partial charge in [-0.25, -0.2) is 0 Å². The summed E-state index contributed by atoms with van der Waals surface area (Å²) in [6, 6.07) is 11.1. The van der Waals surface area contributed by atoms with E-state index in [1.54, 1.807) is 24.5 Å². The number of hydrogen-bond acceptors (Lipinski definition) is 4. The molecule has 0 bridgehead atoms. The van der Waals surface area contributed by atoms with Gasteiger partial charge in [-0.1, -0.05) is 0 Å². The Morgan fingerprint density at radius 2 is 1.83 bits per heavy atom. The molecule has 0 aliphatic carbocycles. The quantitative estimate of drug-likeness (QED) is 0.944. The molecule has 1 aromatic heterocycles. The van der Waals surface area contributed by atoms with E-state index in [2.05, 4.69) is 16.4 Å². The third-order valence-corrected chi connectivity index (χ3v) is 3.93. The van der Waals surface area contributed by atoms with Crippen molar-refractivity contribution >= 4 is 17.3 Å². The zero-order chi connectivity index (χ0) is 16.1. The number of benzene rings is 1. The minimum absolute atomic E-state index is 0.0423. The van der Waals surface area contributed by atoms with Gasteiger partial charge in [0.2, 0.25) is 0 Å². The Balaban J connectivity index is 1.73. The van der Waals surface area contributed by atoms with E-state index in [1.165, 1.54) is 6.42 Å². The van der Waals surface area contributed by atoms with Gasteiger partial charge in [0.15, 0.2) is 0 Å². The number of carbonyl (C=O) groups is 1.